The summed E-state index contributed by atoms with van der Waals surface area (Å²) in [5.74, 6) is -0.447. The number of carbonyl (C=O) groups is 1. The first-order valence-electron chi connectivity index (χ1n) is 10.6. The summed E-state index contributed by atoms with van der Waals surface area (Å²) in [5, 5.41) is 5.87. The Hall–Kier alpha value is -3.81. The molecule has 0 unspecified atom stereocenters. The number of fused-ring (bicyclic) bond motifs is 2. The summed E-state index contributed by atoms with van der Waals surface area (Å²) < 4.78 is 44.1. The van der Waals surface area contributed by atoms with Gasteiger partial charge in [-0.25, -0.2) is 4.98 Å². The summed E-state index contributed by atoms with van der Waals surface area (Å²) in [6.07, 6.45) is -0.261. The largest absolute Gasteiger partial charge is 0.417 e. The number of alkyl halides is 3. The third kappa shape index (κ3) is 3.92. The number of pyridine rings is 1. The normalized spacial score (nSPS) is 13.1. The summed E-state index contributed by atoms with van der Waals surface area (Å²) in [6.45, 7) is 2.20. The van der Waals surface area contributed by atoms with E-state index in [2.05, 4.69) is 15.6 Å². The van der Waals surface area contributed by atoms with E-state index in [0.717, 1.165) is 24.2 Å². The van der Waals surface area contributed by atoms with Gasteiger partial charge in [0, 0.05) is 48.0 Å². The summed E-state index contributed by atoms with van der Waals surface area (Å²) in [6, 6.07) is 13.7. The molecule has 0 spiro atoms. The van der Waals surface area contributed by atoms with Gasteiger partial charge < -0.3 is 15.0 Å². The van der Waals surface area contributed by atoms with Gasteiger partial charge in [-0.05, 0) is 60.4 Å². The second-order valence-corrected chi connectivity index (χ2v) is 8.13. The van der Waals surface area contributed by atoms with Gasteiger partial charge in [-0.3, -0.25) is 4.79 Å². The lowest BCUT2D eigenvalue weighted by atomic mass is 9.96. The third-order valence-electron chi connectivity index (χ3n) is 6.03. The zero-order valence-electron chi connectivity index (χ0n) is 17.8. The smallest absolute Gasteiger partial charge is 0.384 e. The molecule has 1 amide bonds. The molecular weight excluding hydrogens is 429 g/mol. The van der Waals surface area contributed by atoms with Crippen LogP contribution in [0.15, 0.2) is 60.9 Å². The van der Waals surface area contributed by atoms with E-state index < -0.39 is 17.6 Å². The van der Waals surface area contributed by atoms with Gasteiger partial charge in [-0.2, -0.15) is 13.2 Å². The average molecular weight is 450 g/mol. The molecule has 0 atom stereocenters. The van der Waals surface area contributed by atoms with Crippen LogP contribution in [-0.2, 0) is 19.0 Å². The number of benzene rings is 2. The molecule has 0 saturated heterocycles. The second-order valence-electron chi connectivity index (χ2n) is 8.13. The number of nitrogens with one attached hydrogen (secondary N) is 2. The van der Waals surface area contributed by atoms with Crippen molar-refractivity contribution in [3.8, 4) is 0 Å². The van der Waals surface area contributed by atoms with Crippen LogP contribution < -0.4 is 10.6 Å². The van der Waals surface area contributed by atoms with Crippen molar-refractivity contribution in [2.24, 2.45) is 0 Å². The quantitative estimate of drug-likeness (QED) is 0.433. The van der Waals surface area contributed by atoms with E-state index >= 15 is 0 Å². The molecule has 3 heterocycles. The molecule has 1 aliphatic rings. The molecule has 8 heteroatoms. The highest BCUT2D eigenvalue weighted by Crippen LogP contribution is 2.38. The molecule has 0 aliphatic carbocycles. The van der Waals surface area contributed by atoms with Gasteiger partial charge >= 0.3 is 6.18 Å². The molecule has 2 N–H and O–H groups in total. The van der Waals surface area contributed by atoms with E-state index in [9.17, 15) is 18.0 Å². The van der Waals surface area contributed by atoms with Crippen molar-refractivity contribution < 1.29 is 18.0 Å². The number of aromatic nitrogens is 2. The first-order chi connectivity index (χ1) is 15.8. The van der Waals surface area contributed by atoms with Crippen LogP contribution in [0.5, 0.6) is 0 Å². The Labute approximate surface area is 188 Å². The monoisotopic (exact) mass is 450 g/mol. The summed E-state index contributed by atoms with van der Waals surface area (Å²) in [4.78, 5) is 17.0. The highest BCUT2D eigenvalue weighted by atomic mass is 19.4. The zero-order chi connectivity index (χ0) is 23.2. The minimum Gasteiger partial charge on any atom is -0.384 e. The maximum atomic E-state index is 14.1. The van der Waals surface area contributed by atoms with Gasteiger partial charge in [0.05, 0.1) is 5.56 Å². The Kier molecular flexibility index (Phi) is 5.08. The zero-order valence-corrected chi connectivity index (χ0v) is 17.8. The van der Waals surface area contributed by atoms with Gasteiger partial charge in [0.2, 0.25) is 0 Å². The second kappa shape index (κ2) is 7.95. The van der Waals surface area contributed by atoms with Crippen LogP contribution in [0.1, 0.15) is 38.3 Å². The number of hydrogen-bond donors (Lipinski definition) is 2. The number of halogens is 3. The first-order valence-corrected chi connectivity index (χ1v) is 10.6. The fourth-order valence-corrected chi connectivity index (χ4v) is 4.38. The third-order valence-corrected chi connectivity index (χ3v) is 6.03. The number of rotatable bonds is 4. The number of imidazole rings is 1. The average Bonchev–Trinajstić information content (AvgIpc) is 3.41. The van der Waals surface area contributed by atoms with Crippen LogP contribution in [-0.4, -0.2) is 21.8 Å². The van der Waals surface area contributed by atoms with Gasteiger partial charge in [0.15, 0.2) is 0 Å². The Morgan fingerprint density at radius 2 is 2.03 bits per heavy atom. The predicted molar refractivity (Wildman–Crippen MR) is 121 cm³/mol. The van der Waals surface area contributed by atoms with E-state index in [4.69, 9.17) is 0 Å². The fourth-order valence-electron chi connectivity index (χ4n) is 4.38. The maximum Gasteiger partial charge on any atom is 0.417 e. The Morgan fingerprint density at radius 3 is 2.85 bits per heavy atom. The minimum atomic E-state index is -4.57. The molecule has 0 fully saturated rings. The predicted octanol–water partition coefficient (Wildman–Crippen LogP) is 5.47. The van der Waals surface area contributed by atoms with Crippen LogP contribution in [0.2, 0.25) is 0 Å². The van der Waals surface area contributed by atoms with E-state index in [1.165, 1.54) is 19.1 Å². The van der Waals surface area contributed by atoms with Gasteiger partial charge in [0.1, 0.15) is 5.65 Å². The molecule has 168 valence electrons. The van der Waals surface area contributed by atoms with E-state index in [-0.39, 0.29) is 23.2 Å². The summed E-state index contributed by atoms with van der Waals surface area (Å²) in [5.41, 5.74) is 3.25. The Morgan fingerprint density at radius 1 is 1.18 bits per heavy atom. The molecule has 5 nitrogen and oxygen atoms in total. The fraction of sp³-hybridized carbons (Fsp3) is 0.200. The highest BCUT2D eigenvalue weighted by Gasteiger charge is 2.36. The lowest BCUT2D eigenvalue weighted by Crippen LogP contribution is -2.17. The van der Waals surface area contributed by atoms with Crippen molar-refractivity contribution in [3.63, 3.8) is 0 Å². The van der Waals surface area contributed by atoms with Crippen molar-refractivity contribution in [1.29, 1.82) is 0 Å². The molecule has 0 radical (unpaired) electrons. The number of amides is 1. The van der Waals surface area contributed by atoms with Crippen molar-refractivity contribution in [2.75, 3.05) is 17.2 Å². The maximum absolute atomic E-state index is 14.1. The molecule has 1 aliphatic heterocycles. The summed E-state index contributed by atoms with van der Waals surface area (Å²) >= 11 is 0. The first kappa shape index (κ1) is 21.1. The topological polar surface area (TPSA) is 58.4 Å². The number of nitrogens with zero attached hydrogens (tertiary/aromatic N) is 2. The molecule has 2 aromatic heterocycles. The molecule has 0 bridgehead atoms. The lowest BCUT2D eigenvalue weighted by molar-refractivity contribution is -0.138. The number of anilines is 2. The Bertz CT molecular complexity index is 1370. The van der Waals surface area contributed by atoms with Crippen molar-refractivity contribution >= 4 is 22.9 Å². The van der Waals surface area contributed by atoms with Crippen molar-refractivity contribution in [1.82, 2.24) is 9.38 Å². The molecule has 4 aromatic rings. The molecule has 2 aromatic carbocycles. The van der Waals surface area contributed by atoms with Crippen LogP contribution in [0, 0.1) is 6.92 Å². The van der Waals surface area contributed by atoms with Crippen LogP contribution in [0.25, 0.3) is 5.65 Å². The van der Waals surface area contributed by atoms with Gasteiger partial charge in [-0.15, -0.1) is 0 Å². The highest BCUT2D eigenvalue weighted by molar-refractivity contribution is 6.05. The molecular formula is C25H21F3N4O. The summed E-state index contributed by atoms with van der Waals surface area (Å²) in [7, 11) is 0. The van der Waals surface area contributed by atoms with E-state index in [0.29, 0.717) is 16.9 Å². The van der Waals surface area contributed by atoms with E-state index in [1.807, 2.05) is 12.1 Å². The molecule has 5 rings (SSSR count). The minimum absolute atomic E-state index is 0.0125. The number of hydrogen-bond acceptors (Lipinski definition) is 3. The number of carbonyl (C=O) groups excluding carboxylic acids is 1. The molecule has 0 saturated carbocycles. The van der Waals surface area contributed by atoms with Crippen molar-refractivity contribution in [3.05, 3.63) is 94.4 Å². The SMILES string of the molecule is Cc1c(NC(=O)c2ccc3c(c2)NCC3)ccc(Cc2cnc3ccccn23)c1C(F)(F)F. The van der Waals surface area contributed by atoms with Crippen LogP contribution in [0.3, 0.4) is 0 Å². The van der Waals surface area contributed by atoms with Crippen LogP contribution >= 0.6 is 0 Å². The van der Waals surface area contributed by atoms with Gasteiger partial charge in [-0.1, -0.05) is 18.2 Å². The van der Waals surface area contributed by atoms with Crippen molar-refractivity contribution in [2.45, 2.75) is 25.9 Å². The Balaban J connectivity index is 1.48. The standard InChI is InChI=1S/C25H21F3N4O/c1-15-20(31-24(33)18-6-5-16-9-10-29-21(16)13-18)8-7-17(23(15)25(26,27)28)12-19-14-30-22-4-2-3-11-32(19)22/h2-8,11,13-14,29H,9-10,12H2,1H3,(H,31,33). The van der Waals surface area contributed by atoms with E-state index in [1.54, 1.807) is 41.1 Å². The molecule has 33 heavy (non-hydrogen) atoms. The lowest BCUT2D eigenvalue weighted by Gasteiger charge is -2.19. The van der Waals surface area contributed by atoms with Crippen LogP contribution in [0.4, 0.5) is 24.5 Å². The van der Waals surface area contributed by atoms with Gasteiger partial charge in [0.25, 0.3) is 5.91 Å².